The van der Waals surface area contributed by atoms with E-state index in [2.05, 4.69) is 29.8 Å². The van der Waals surface area contributed by atoms with Crippen molar-refractivity contribution >= 4 is 39.1 Å². The van der Waals surface area contributed by atoms with Gasteiger partial charge in [0, 0.05) is 11.3 Å². The molecule has 0 saturated carbocycles. The first-order chi connectivity index (χ1) is 17.2. The average Bonchev–Trinajstić information content (AvgIpc) is 3.13. The van der Waals surface area contributed by atoms with E-state index in [-0.39, 0.29) is 11.3 Å². The number of hydrogen-bond donors (Lipinski definition) is 1. The molecular weight excluding hydrogens is 522 g/mol. The van der Waals surface area contributed by atoms with Gasteiger partial charge in [-0.1, -0.05) is 38.1 Å². The number of methoxy groups -OCH3 is 1. The number of halogens is 1. The quantitative estimate of drug-likeness (QED) is 0.209. The average molecular weight is 550 g/mol. The molecule has 4 rings (SSSR count). The van der Waals surface area contributed by atoms with E-state index in [0.29, 0.717) is 39.7 Å². The first-order valence-electron chi connectivity index (χ1n) is 11.7. The van der Waals surface area contributed by atoms with Crippen LogP contribution in [0.5, 0.6) is 11.5 Å². The summed E-state index contributed by atoms with van der Waals surface area (Å²) < 4.78 is 11.7. The van der Waals surface area contributed by atoms with Crippen LogP contribution in [-0.4, -0.2) is 30.5 Å². The minimum Gasteiger partial charge on any atom is -0.507 e. The Morgan fingerprint density at radius 3 is 2.36 bits per heavy atom. The van der Waals surface area contributed by atoms with Crippen LogP contribution < -0.4 is 14.4 Å². The summed E-state index contributed by atoms with van der Waals surface area (Å²) in [5.74, 6) is -0.0475. The van der Waals surface area contributed by atoms with Gasteiger partial charge in [0.1, 0.15) is 17.3 Å². The zero-order valence-corrected chi connectivity index (χ0v) is 22.2. The number of carbonyl (C=O) groups excluding carboxylic acids is 2. The van der Waals surface area contributed by atoms with Crippen molar-refractivity contribution in [2.75, 3.05) is 18.6 Å². The van der Waals surface area contributed by atoms with Gasteiger partial charge in [-0.3, -0.25) is 14.5 Å². The molecule has 1 N–H and O–H groups in total. The predicted molar refractivity (Wildman–Crippen MR) is 143 cm³/mol. The highest BCUT2D eigenvalue weighted by atomic mass is 79.9. The molecule has 7 heteroatoms. The molecule has 0 bridgehead atoms. The van der Waals surface area contributed by atoms with Gasteiger partial charge in [0.05, 0.1) is 29.8 Å². The molecule has 1 fully saturated rings. The Bertz CT molecular complexity index is 1330. The van der Waals surface area contributed by atoms with Crippen molar-refractivity contribution in [3.05, 3.63) is 93.5 Å². The second-order valence-electron chi connectivity index (χ2n) is 9.07. The van der Waals surface area contributed by atoms with Crippen LogP contribution in [0.2, 0.25) is 0 Å². The minimum atomic E-state index is -0.797. The first-order valence-corrected chi connectivity index (χ1v) is 12.5. The van der Waals surface area contributed by atoms with E-state index in [4.69, 9.17) is 9.47 Å². The molecule has 1 unspecified atom stereocenters. The lowest BCUT2D eigenvalue weighted by Gasteiger charge is -2.27. The van der Waals surface area contributed by atoms with Gasteiger partial charge >= 0.3 is 0 Å². The van der Waals surface area contributed by atoms with Crippen LogP contribution in [0, 0.1) is 12.8 Å². The Morgan fingerprint density at radius 1 is 1.06 bits per heavy atom. The van der Waals surface area contributed by atoms with Gasteiger partial charge in [-0.15, -0.1) is 0 Å². The number of ether oxygens (including phenoxy) is 2. The summed E-state index contributed by atoms with van der Waals surface area (Å²) in [5, 5.41) is 11.3. The number of rotatable bonds is 7. The number of ketones is 1. The SMILES string of the molecule is COc1ccc(/C(O)=C2\C(=O)C(=O)N(c3ccc(OCC(C)C)cc3)C2c2ccccc2C)cc1Br. The van der Waals surface area contributed by atoms with E-state index < -0.39 is 17.7 Å². The first kappa shape index (κ1) is 25.5. The molecule has 1 aliphatic heterocycles. The minimum absolute atomic E-state index is 0.0338. The summed E-state index contributed by atoms with van der Waals surface area (Å²) in [6.07, 6.45) is 0. The molecule has 3 aromatic rings. The van der Waals surface area contributed by atoms with Crippen molar-refractivity contribution in [3.8, 4) is 11.5 Å². The summed E-state index contributed by atoms with van der Waals surface area (Å²) in [5.41, 5.74) is 2.62. The molecule has 1 heterocycles. The van der Waals surface area contributed by atoms with Crippen molar-refractivity contribution in [1.29, 1.82) is 0 Å². The van der Waals surface area contributed by atoms with E-state index in [1.807, 2.05) is 31.2 Å². The van der Waals surface area contributed by atoms with Crippen LogP contribution >= 0.6 is 15.9 Å². The number of aryl methyl sites for hydroxylation is 1. The van der Waals surface area contributed by atoms with E-state index in [9.17, 15) is 14.7 Å². The summed E-state index contributed by atoms with van der Waals surface area (Å²) >= 11 is 3.43. The van der Waals surface area contributed by atoms with Crippen molar-refractivity contribution in [2.45, 2.75) is 26.8 Å². The van der Waals surface area contributed by atoms with Gasteiger partial charge in [-0.05, 0) is 82.4 Å². The molecule has 1 atom stereocenters. The molecule has 1 aliphatic rings. The maximum absolute atomic E-state index is 13.4. The van der Waals surface area contributed by atoms with Crippen LogP contribution in [-0.2, 0) is 9.59 Å². The van der Waals surface area contributed by atoms with Gasteiger partial charge in [-0.2, -0.15) is 0 Å². The summed E-state index contributed by atoms with van der Waals surface area (Å²) in [4.78, 5) is 28.2. The molecular formula is C29H28BrNO5. The van der Waals surface area contributed by atoms with Crippen LogP contribution in [0.25, 0.3) is 5.76 Å². The zero-order chi connectivity index (χ0) is 26.0. The highest BCUT2D eigenvalue weighted by Gasteiger charge is 2.47. The van der Waals surface area contributed by atoms with Crippen molar-refractivity contribution in [1.82, 2.24) is 0 Å². The summed E-state index contributed by atoms with van der Waals surface area (Å²) in [6.45, 7) is 6.63. The van der Waals surface area contributed by atoms with Gasteiger partial charge in [0.25, 0.3) is 11.7 Å². The molecule has 0 spiro atoms. The number of anilines is 1. The molecule has 0 aliphatic carbocycles. The molecule has 1 amide bonds. The normalized spacial score (nSPS) is 17.1. The smallest absolute Gasteiger partial charge is 0.300 e. The second kappa shape index (κ2) is 10.6. The van der Waals surface area contributed by atoms with E-state index in [1.54, 1.807) is 49.6 Å². The fourth-order valence-electron chi connectivity index (χ4n) is 4.22. The van der Waals surface area contributed by atoms with E-state index >= 15 is 0 Å². The Morgan fingerprint density at radius 2 is 1.75 bits per heavy atom. The molecule has 0 aromatic heterocycles. The topological polar surface area (TPSA) is 76.1 Å². The van der Waals surface area contributed by atoms with Gasteiger partial charge in [-0.25, -0.2) is 0 Å². The monoisotopic (exact) mass is 549 g/mol. The van der Waals surface area contributed by atoms with Gasteiger partial charge in [0.15, 0.2) is 0 Å². The number of carbonyl (C=O) groups is 2. The Labute approximate surface area is 219 Å². The Hall–Kier alpha value is -3.58. The van der Waals surface area contributed by atoms with Crippen LogP contribution in [0.15, 0.2) is 76.8 Å². The molecule has 0 radical (unpaired) electrons. The fourth-order valence-corrected chi connectivity index (χ4v) is 4.76. The predicted octanol–water partition coefficient (Wildman–Crippen LogP) is 6.43. The van der Waals surface area contributed by atoms with Gasteiger partial charge < -0.3 is 14.6 Å². The number of aliphatic hydroxyl groups excluding tert-OH is 1. The third kappa shape index (κ3) is 4.88. The molecule has 186 valence electrons. The summed E-state index contributed by atoms with van der Waals surface area (Å²) in [7, 11) is 1.54. The standard InChI is InChI=1S/C29H28BrNO5/c1-17(2)16-36-21-12-10-20(11-13-21)31-26(22-8-6-5-7-18(22)3)25(28(33)29(31)34)27(32)19-9-14-24(35-4)23(30)15-19/h5-15,17,26,32H,16H2,1-4H3/b27-25+. The van der Waals surface area contributed by atoms with E-state index in [1.165, 1.54) is 4.90 Å². The van der Waals surface area contributed by atoms with Crippen LogP contribution in [0.3, 0.4) is 0 Å². The number of amides is 1. The highest BCUT2D eigenvalue weighted by Crippen LogP contribution is 2.43. The third-order valence-electron chi connectivity index (χ3n) is 6.05. The lowest BCUT2D eigenvalue weighted by atomic mass is 9.92. The maximum Gasteiger partial charge on any atom is 0.300 e. The van der Waals surface area contributed by atoms with Crippen LogP contribution in [0.1, 0.15) is 36.6 Å². The number of nitrogens with zero attached hydrogens (tertiary/aromatic N) is 1. The van der Waals surface area contributed by atoms with Crippen molar-refractivity contribution in [3.63, 3.8) is 0 Å². The Balaban J connectivity index is 1.85. The zero-order valence-electron chi connectivity index (χ0n) is 20.6. The molecule has 3 aromatic carbocycles. The van der Waals surface area contributed by atoms with Gasteiger partial charge in [0.2, 0.25) is 0 Å². The highest BCUT2D eigenvalue weighted by molar-refractivity contribution is 9.10. The second-order valence-corrected chi connectivity index (χ2v) is 9.93. The lowest BCUT2D eigenvalue weighted by Crippen LogP contribution is -2.29. The molecule has 6 nitrogen and oxygen atoms in total. The number of aliphatic hydroxyl groups is 1. The largest absolute Gasteiger partial charge is 0.507 e. The molecule has 36 heavy (non-hydrogen) atoms. The number of Topliss-reactive ketones (excluding diaryl/α,β-unsaturated/α-hetero) is 1. The molecule has 1 saturated heterocycles. The summed E-state index contributed by atoms with van der Waals surface area (Å²) in [6, 6.07) is 18.8. The van der Waals surface area contributed by atoms with E-state index in [0.717, 1.165) is 11.1 Å². The van der Waals surface area contributed by atoms with Crippen molar-refractivity contribution < 1.29 is 24.2 Å². The number of hydrogen-bond acceptors (Lipinski definition) is 5. The van der Waals surface area contributed by atoms with Crippen LogP contribution in [0.4, 0.5) is 5.69 Å². The number of benzene rings is 3. The Kier molecular flexibility index (Phi) is 7.50. The van der Waals surface area contributed by atoms with Crippen molar-refractivity contribution in [2.24, 2.45) is 5.92 Å². The third-order valence-corrected chi connectivity index (χ3v) is 6.67. The lowest BCUT2D eigenvalue weighted by molar-refractivity contribution is -0.132. The fraction of sp³-hybridized carbons (Fsp3) is 0.241. The maximum atomic E-state index is 13.4.